The Morgan fingerprint density at radius 2 is 2.00 bits per heavy atom. The lowest BCUT2D eigenvalue weighted by atomic mass is 10.0. The van der Waals surface area contributed by atoms with Gasteiger partial charge in [-0.2, -0.15) is 0 Å². The number of ether oxygens (including phenoxy) is 1. The van der Waals surface area contributed by atoms with Gasteiger partial charge in [-0.3, -0.25) is 15.0 Å². The smallest absolute Gasteiger partial charge is 0.272 e. The summed E-state index contributed by atoms with van der Waals surface area (Å²) in [5, 5.41) is 2.68. The summed E-state index contributed by atoms with van der Waals surface area (Å²) in [6.07, 6.45) is 0.762. The van der Waals surface area contributed by atoms with Crippen LogP contribution in [-0.2, 0) is 26.0 Å². The molecule has 3 N–H and O–H groups in total. The van der Waals surface area contributed by atoms with Crippen LogP contribution in [0.3, 0.4) is 0 Å². The van der Waals surface area contributed by atoms with E-state index in [-0.39, 0.29) is 17.4 Å². The van der Waals surface area contributed by atoms with Crippen molar-refractivity contribution in [3.63, 3.8) is 0 Å². The van der Waals surface area contributed by atoms with Crippen molar-refractivity contribution < 1.29 is 22.7 Å². The maximum Gasteiger partial charge on any atom is 0.272 e. The predicted octanol–water partition coefficient (Wildman–Crippen LogP) is 1.27. The molecular formula is C18H19N3O5S. The van der Waals surface area contributed by atoms with Crippen LogP contribution >= 0.6 is 0 Å². The maximum absolute atomic E-state index is 12.4. The van der Waals surface area contributed by atoms with E-state index in [1.165, 1.54) is 18.2 Å². The summed E-state index contributed by atoms with van der Waals surface area (Å²) >= 11 is 0. The van der Waals surface area contributed by atoms with Crippen molar-refractivity contribution in [1.29, 1.82) is 0 Å². The Kier molecular flexibility index (Phi) is 5.43. The summed E-state index contributed by atoms with van der Waals surface area (Å²) in [6.45, 7) is 1.56. The van der Waals surface area contributed by atoms with Gasteiger partial charge in [-0.25, -0.2) is 8.42 Å². The van der Waals surface area contributed by atoms with Gasteiger partial charge in [-0.15, -0.1) is 4.83 Å². The minimum atomic E-state index is -3.94. The number of sulfonamides is 1. The SMILES string of the molecule is Cc1cccc(OCC(=O)NNS(=O)(=O)c2ccc3c(c2)CCC(=O)N3)c1. The molecule has 0 aromatic heterocycles. The molecule has 0 bridgehead atoms. The van der Waals surface area contributed by atoms with Gasteiger partial charge >= 0.3 is 0 Å². The number of carbonyl (C=O) groups is 2. The van der Waals surface area contributed by atoms with Crippen molar-refractivity contribution in [3.8, 4) is 5.75 Å². The fraction of sp³-hybridized carbons (Fsp3) is 0.222. The number of rotatable bonds is 6. The Bertz CT molecular complexity index is 988. The first-order valence-electron chi connectivity index (χ1n) is 8.26. The number of amides is 2. The zero-order valence-electron chi connectivity index (χ0n) is 14.6. The fourth-order valence-electron chi connectivity index (χ4n) is 2.60. The summed E-state index contributed by atoms with van der Waals surface area (Å²) < 4.78 is 30.0. The van der Waals surface area contributed by atoms with Crippen LogP contribution in [0.2, 0.25) is 0 Å². The first kappa shape index (κ1) is 18.9. The average molecular weight is 389 g/mol. The van der Waals surface area contributed by atoms with E-state index < -0.39 is 15.9 Å². The second-order valence-corrected chi connectivity index (χ2v) is 7.81. The number of fused-ring (bicyclic) bond motifs is 1. The topological polar surface area (TPSA) is 114 Å². The Morgan fingerprint density at radius 3 is 2.78 bits per heavy atom. The monoisotopic (exact) mass is 389 g/mol. The fourth-order valence-corrected chi connectivity index (χ4v) is 3.51. The molecular weight excluding hydrogens is 370 g/mol. The van der Waals surface area contributed by atoms with Gasteiger partial charge in [0.2, 0.25) is 5.91 Å². The second kappa shape index (κ2) is 7.77. The van der Waals surface area contributed by atoms with E-state index >= 15 is 0 Å². The largest absolute Gasteiger partial charge is 0.484 e. The highest BCUT2D eigenvalue weighted by Crippen LogP contribution is 2.25. The second-order valence-electron chi connectivity index (χ2n) is 6.13. The Balaban J connectivity index is 1.58. The number of nitrogens with one attached hydrogen (secondary N) is 3. The van der Waals surface area contributed by atoms with E-state index in [1.54, 1.807) is 18.2 Å². The lowest BCUT2D eigenvalue weighted by molar-refractivity contribution is -0.123. The summed E-state index contributed by atoms with van der Waals surface area (Å²) in [7, 11) is -3.94. The summed E-state index contributed by atoms with van der Waals surface area (Å²) in [6, 6.07) is 11.5. The third kappa shape index (κ3) is 4.83. The molecule has 9 heteroatoms. The van der Waals surface area contributed by atoms with Crippen molar-refractivity contribution in [2.24, 2.45) is 0 Å². The molecule has 0 atom stereocenters. The van der Waals surface area contributed by atoms with Gasteiger partial charge in [0.15, 0.2) is 6.61 Å². The molecule has 0 saturated heterocycles. The van der Waals surface area contributed by atoms with Crippen molar-refractivity contribution in [2.75, 3.05) is 11.9 Å². The molecule has 0 spiro atoms. The molecule has 1 heterocycles. The number of anilines is 1. The molecule has 3 rings (SSSR count). The van der Waals surface area contributed by atoms with E-state index in [4.69, 9.17) is 4.74 Å². The molecule has 1 aliphatic heterocycles. The Morgan fingerprint density at radius 1 is 1.19 bits per heavy atom. The molecule has 27 heavy (non-hydrogen) atoms. The van der Waals surface area contributed by atoms with Crippen molar-refractivity contribution in [3.05, 3.63) is 53.6 Å². The molecule has 142 valence electrons. The molecule has 2 aromatic rings. The number of hydrazine groups is 1. The minimum absolute atomic E-state index is 0.00250. The molecule has 2 aromatic carbocycles. The van der Waals surface area contributed by atoms with Gasteiger partial charge in [0.1, 0.15) is 5.75 Å². The van der Waals surface area contributed by atoms with Crippen LogP contribution < -0.4 is 20.3 Å². The molecule has 0 saturated carbocycles. The van der Waals surface area contributed by atoms with Gasteiger partial charge in [0, 0.05) is 12.1 Å². The quantitative estimate of drug-likeness (QED) is 0.644. The van der Waals surface area contributed by atoms with Gasteiger partial charge in [0.05, 0.1) is 4.90 Å². The predicted molar refractivity (Wildman–Crippen MR) is 98.5 cm³/mol. The Hall–Kier alpha value is -2.91. The number of hydrogen-bond donors (Lipinski definition) is 3. The third-order valence-corrected chi connectivity index (χ3v) is 5.21. The molecule has 0 unspecified atom stereocenters. The summed E-state index contributed by atoms with van der Waals surface area (Å²) in [5.74, 6) is -0.216. The van der Waals surface area contributed by atoms with E-state index in [1.807, 2.05) is 17.8 Å². The number of carbonyl (C=O) groups excluding carboxylic acids is 2. The highest BCUT2D eigenvalue weighted by Gasteiger charge is 2.20. The summed E-state index contributed by atoms with van der Waals surface area (Å²) in [4.78, 5) is 25.2. The van der Waals surface area contributed by atoms with Gasteiger partial charge < -0.3 is 10.1 Å². The normalized spacial score (nSPS) is 13.4. The number of hydrogen-bond acceptors (Lipinski definition) is 5. The molecule has 0 aliphatic carbocycles. The van der Waals surface area contributed by atoms with Crippen LogP contribution in [0, 0.1) is 6.92 Å². The minimum Gasteiger partial charge on any atom is -0.484 e. The van der Waals surface area contributed by atoms with E-state index in [0.29, 0.717) is 24.3 Å². The van der Waals surface area contributed by atoms with Gasteiger partial charge in [-0.1, -0.05) is 12.1 Å². The zero-order chi connectivity index (χ0) is 19.4. The highest BCUT2D eigenvalue weighted by atomic mass is 32.2. The molecule has 2 amide bonds. The van der Waals surface area contributed by atoms with Gasteiger partial charge in [0.25, 0.3) is 15.9 Å². The van der Waals surface area contributed by atoms with Crippen molar-refractivity contribution in [2.45, 2.75) is 24.7 Å². The molecule has 1 aliphatic rings. The van der Waals surface area contributed by atoms with Crippen LogP contribution in [0.4, 0.5) is 5.69 Å². The maximum atomic E-state index is 12.4. The Labute approximate surface area is 156 Å². The van der Waals surface area contributed by atoms with Crippen molar-refractivity contribution >= 4 is 27.5 Å². The third-order valence-electron chi connectivity index (χ3n) is 3.97. The molecule has 8 nitrogen and oxygen atoms in total. The lowest BCUT2D eigenvalue weighted by Crippen LogP contribution is -2.43. The summed E-state index contributed by atoms with van der Waals surface area (Å²) in [5.41, 5.74) is 4.43. The average Bonchev–Trinajstić information content (AvgIpc) is 2.64. The van der Waals surface area contributed by atoms with Crippen LogP contribution in [0.1, 0.15) is 17.5 Å². The number of aryl methyl sites for hydroxylation is 2. The number of benzene rings is 2. The van der Waals surface area contributed by atoms with Crippen molar-refractivity contribution in [1.82, 2.24) is 10.3 Å². The van der Waals surface area contributed by atoms with E-state index in [0.717, 1.165) is 11.1 Å². The standard InChI is InChI=1S/C18H19N3O5S/c1-12-3-2-4-14(9-12)26-11-18(23)20-21-27(24,25)15-6-7-16-13(10-15)5-8-17(22)19-16/h2-4,6-7,9-10,21H,5,8,11H2,1H3,(H,19,22)(H,20,23). The van der Waals surface area contributed by atoms with Crippen LogP contribution in [0.5, 0.6) is 5.75 Å². The first-order chi connectivity index (χ1) is 12.8. The van der Waals surface area contributed by atoms with Crippen LogP contribution in [0.15, 0.2) is 47.4 Å². The molecule has 0 fully saturated rings. The van der Waals surface area contributed by atoms with E-state index in [2.05, 4.69) is 10.7 Å². The highest BCUT2D eigenvalue weighted by molar-refractivity contribution is 7.89. The lowest BCUT2D eigenvalue weighted by Gasteiger charge is -2.17. The first-order valence-corrected chi connectivity index (χ1v) is 9.75. The van der Waals surface area contributed by atoms with Crippen LogP contribution in [-0.4, -0.2) is 26.8 Å². The van der Waals surface area contributed by atoms with Crippen LogP contribution in [0.25, 0.3) is 0 Å². The van der Waals surface area contributed by atoms with Gasteiger partial charge in [-0.05, 0) is 54.8 Å². The zero-order valence-corrected chi connectivity index (χ0v) is 15.4. The molecule has 0 radical (unpaired) electrons. The van der Waals surface area contributed by atoms with E-state index in [9.17, 15) is 18.0 Å².